The van der Waals surface area contributed by atoms with Gasteiger partial charge in [0.1, 0.15) is 29.8 Å². The van der Waals surface area contributed by atoms with Crippen LogP contribution in [0.15, 0.2) is 18.2 Å². The summed E-state index contributed by atoms with van der Waals surface area (Å²) in [6, 6.07) is -0.139. The van der Waals surface area contributed by atoms with Crippen LogP contribution >= 0.6 is 0 Å². The van der Waals surface area contributed by atoms with Crippen molar-refractivity contribution in [2.24, 2.45) is 11.8 Å². The van der Waals surface area contributed by atoms with Crippen LogP contribution in [0, 0.1) is 34.8 Å². The van der Waals surface area contributed by atoms with Crippen molar-refractivity contribution in [3.63, 3.8) is 0 Å². The van der Waals surface area contributed by atoms with E-state index in [-0.39, 0.29) is 30.9 Å². The van der Waals surface area contributed by atoms with Gasteiger partial charge in [-0.3, -0.25) is 14.4 Å². The quantitative estimate of drug-likeness (QED) is 0.476. The third kappa shape index (κ3) is 5.50. The fourth-order valence-corrected chi connectivity index (χ4v) is 5.70. The Morgan fingerprint density at radius 2 is 2.03 bits per heavy atom. The first-order valence-electron chi connectivity index (χ1n) is 12.4. The van der Waals surface area contributed by atoms with Crippen LogP contribution in [0.5, 0.6) is 0 Å². The maximum absolute atomic E-state index is 14.9. The van der Waals surface area contributed by atoms with Crippen LogP contribution in [0.4, 0.5) is 23.2 Å². The molecular formula is C25H29F4N5O3. The third-order valence-electron chi connectivity index (χ3n) is 7.52. The fraction of sp³-hybridized carbons (Fsp3) is 0.600. The van der Waals surface area contributed by atoms with Crippen LogP contribution in [0.1, 0.15) is 45.4 Å². The lowest BCUT2D eigenvalue weighted by Crippen LogP contribution is -2.70. The standard InChI is InChI=1S/C25H29F4N5O3/c1-13(32-20-10-15(26)4-7-19(20)27)24(37)34-17-5-6-18(25(28,29)11-17)21(34)23(36)33-16(12-30)9-14-3-2-8-31-22(14)35/h4,7,10,13-14,16-18,21,32H,2-3,5-6,8-9,11H2,1H3,(H,31,35)(H,33,36)/t13-,14-,16+,17-,18-,21-/m1/s1. The van der Waals surface area contributed by atoms with Crippen molar-refractivity contribution < 1.29 is 31.9 Å². The largest absolute Gasteiger partial charge is 0.371 e. The zero-order chi connectivity index (χ0) is 26.9. The van der Waals surface area contributed by atoms with Gasteiger partial charge in [-0.2, -0.15) is 5.26 Å². The Morgan fingerprint density at radius 1 is 1.27 bits per heavy atom. The summed E-state index contributed by atoms with van der Waals surface area (Å²) in [5.74, 6) is -8.52. The monoisotopic (exact) mass is 523 g/mol. The number of amides is 3. The predicted molar refractivity (Wildman–Crippen MR) is 124 cm³/mol. The molecule has 1 saturated carbocycles. The Morgan fingerprint density at radius 3 is 2.70 bits per heavy atom. The van der Waals surface area contributed by atoms with Crippen molar-refractivity contribution in [2.45, 2.75) is 75.5 Å². The number of carbonyl (C=O) groups is 3. The number of hydrogen-bond donors (Lipinski definition) is 3. The molecule has 0 unspecified atom stereocenters. The van der Waals surface area contributed by atoms with Gasteiger partial charge in [0, 0.05) is 24.9 Å². The van der Waals surface area contributed by atoms with Gasteiger partial charge in [0.2, 0.25) is 17.7 Å². The SMILES string of the molecule is C[C@@H](Nc1cc(F)ccc1F)C(=O)N1[C@@H]2CC[C@H]([C@@H]1C(=O)N[C@H](C#N)C[C@H]1CCCNC1=O)C(F)(F)C2. The van der Waals surface area contributed by atoms with E-state index in [0.717, 1.165) is 29.5 Å². The summed E-state index contributed by atoms with van der Waals surface area (Å²) in [5, 5.41) is 17.4. The molecule has 1 aliphatic carbocycles. The van der Waals surface area contributed by atoms with Gasteiger partial charge in [-0.15, -0.1) is 0 Å². The maximum Gasteiger partial charge on any atom is 0.255 e. The lowest BCUT2D eigenvalue weighted by Gasteiger charge is -2.54. The highest BCUT2D eigenvalue weighted by atomic mass is 19.3. The second kappa shape index (κ2) is 10.6. The molecule has 0 radical (unpaired) electrons. The summed E-state index contributed by atoms with van der Waals surface area (Å²) in [5.41, 5.74) is -0.273. The Balaban J connectivity index is 1.54. The molecule has 1 aromatic rings. The van der Waals surface area contributed by atoms with Crippen LogP contribution in [0.25, 0.3) is 0 Å². The molecule has 4 fully saturated rings. The number of benzene rings is 1. The van der Waals surface area contributed by atoms with Crippen LogP contribution in [0.3, 0.4) is 0 Å². The van der Waals surface area contributed by atoms with Crippen molar-refractivity contribution >= 4 is 23.4 Å². The molecule has 12 heteroatoms. The molecule has 0 aromatic heterocycles. The summed E-state index contributed by atoms with van der Waals surface area (Å²) in [7, 11) is 0. The number of hydrogen-bond acceptors (Lipinski definition) is 5. The average molecular weight is 524 g/mol. The molecule has 4 aliphatic rings. The number of fused-ring (bicyclic) bond motifs is 3. The lowest BCUT2D eigenvalue weighted by atomic mass is 9.71. The summed E-state index contributed by atoms with van der Waals surface area (Å²) >= 11 is 0. The third-order valence-corrected chi connectivity index (χ3v) is 7.52. The van der Waals surface area contributed by atoms with E-state index in [9.17, 15) is 37.2 Å². The first-order chi connectivity index (χ1) is 17.5. The molecule has 3 aliphatic heterocycles. The number of anilines is 1. The highest BCUT2D eigenvalue weighted by Crippen LogP contribution is 2.49. The topological polar surface area (TPSA) is 114 Å². The van der Waals surface area contributed by atoms with E-state index in [1.807, 2.05) is 6.07 Å². The number of rotatable bonds is 7. The van der Waals surface area contributed by atoms with Crippen molar-refractivity contribution in [2.75, 3.05) is 11.9 Å². The maximum atomic E-state index is 14.9. The molecule has 1 aromatic carbocycles. The zero-order valence-electron chi connectivity index (χ0n) is 20.3. The Bertz CT molecular complexity index is 1110. The molecule has 37 heavy (non-hydrogen) atoms. The van der Waals surface area contributed by atoms with Crippen LogP contribution in [-0.4, -0.2) is 59.3 Å². The van der Waals surface area contributed by atoms with Crippen LogP contribution in [0.2, 0.25) is 0 Å². The van der Waals surface area contributed by atoms with E-state index in [1.54, 1.807) is 0 Å². The Labute approximate surface area is 211 Å². The van der Waals surface area contributed by atoms with Gasteiger partial charge in [-0.1, -0.05) is 0 Å². The number of halogens is 4. The van der Waals surface area contributed by atoms with E-state index in [2.05, 4.69) is 16.0 Å². The molecule has 8 nitrogen and oxygen atoms in total. The minimum atomic E-state index is -3.20. The van der Waals surface area contributed by atoms with Gasteiger partial charge >= 0.3 is 0 Å². The molecule has 3 N–H and O–H groups in total. The molecule has 3 saturated heterocycles. The summed E-state index contributed by atoms with van der Waals surface area (Å²) < 4.78 is 57.5. The molecule has 6 atom stereocenters. The second-order valence-corrected chi connectivity index (χ2v) is 10.0. The van der Waals surface area contributed by atoms with Crippen LogP contribution < -0.4 is 16.0 Å². The van der Waals surface area contributed by atoms with E-state index in [4.69, 9.17) is 0 Å². The fourth-order valence-electron chi connectivity index (χ4n) is 5.70. The van der Waals surface area contributed by atoms with E-state index < -0.39 is 71.8 Å². The molecule has 3 amide bonds. The minimum Gasteiger partial charge on any atom is -0.371 e. The molecular weight excluding hydrogens is 494 g/mol. The number of nitrogens with one attached hydrogen (secondary N) is 3. The van der Waals surface area contributed by atoms with Crippen molar-refractivity contribution in [3.8, 4) is 6.07 Å². The van der Waals surface area contributed by atoms with Gasteiger partial charge in [-0.25, -0.2) is 17.6 Å². The number of nitriles is 1. The Hall–Kier alpha value is -3.36. The predicted octanol–water partition coefficient (Wildman–Crippen LogP) is 2.70. The molecule has 3 heterocycles. The summed E-state index contributed by atoms with van der Waals surface area (Å²) in [6.07, 6.45) is 0.952. The first kappa shape index (κ1) is 26.7. The normalized spacial score (nSPS) is 28.0. The number of carbonyl (C=O) groups excluding carboxylic acids is 3. The second-order valence-electron chi connectivity index (χ2n) is 10.0. The highest BCUT2D eigenvalue weighted by molar-refractivity contribution is 5.92. The van der Waals surface area contributed by atoms with Crippen LogP contribution in [-0.2, 0) is 14.4 Å². The number of alkyl halides is 2. The minimum absolute atomic E-state index is 0.0160. The molecule has 200 valence electrons. The smallest absolute Gasteiger partial charge is 0.255 e. The number of piperidine rings is 3. The van der Waals surface area contributed by atoms with E-state index >= 15 is 0 Å². The lowest BCUT2D eigenvalue weighted by molar-refractivity contribution is -0.194. The van der Waals surface area contributed by atoms with Crippen molar-refractivity contribution in [3.05, 3.63) is 29.8 Å². The summed E-state index contributed by atoms with van der Waals surface area (Å²) in [4.78, 5) is 40.0. The van der Waals surface area contributed by atoms with Crippen molar-refractivity contribution in [1.82, 2.24) is 15.5 Å². The first-order valence-corrected chi connectivity index (χ1v) is 12.4. The van der Waals surface area contributed by atoms with Gasteiger partial charge in [0.05, 0.1) is 17.7 Å². The van der Waals surface area contributed by atoms with Gasteiger partial charge in [-0.05, 0) is 57.2 Å². The van der Waals surface area contributed by atoms with E-state index in [0.29, 0.717) is 13.0 Å². The van der Waals surface area contributed by atoms with Gasteiger partial charge < -0.3 is 20.9 Å². The zero-order valence-corrected chi connectivity index (χ0v) is 20.3. The highest BCUT2D eigenvalue weighted by Gasteiger charge is 2.60. The summed E-state index contributed by atoms with van der Waals surface area (Å²) in [6.45, 7) is 1.91. The van der Waals surface area contributed by atoms with Crippen molar-refractivity contribution in [1.29, 1.82) is 5.26 Å². The van der Waals surface area contributed by atoms with Gasteiger partial charge in [0.25, 0.3) is 5.92 Å². The Kier molecular flexibility index (Phi) is 7.62. The molecule has 2 bridgehead atoms. The van der Waals surface area contributed by atoms with E-state index in [1.165, 1.54) is 6.92 Å². The molecule has 0 spiro atoms. The average Bonchev–Trinajstić information content (AvgIpc) is 2.85. The van der Waals surface area contributed by atoms with Gasteiger partial charge in [0.15, 0.2) is 0 Å². The molecule has 5 rings (SSSR count). The number of nitrogens with zero attached hydrogens (tertiary/aromatic N) is 2.